The number of fused-ring (bicyclic) bond motifs is 1. The van der Waals surface area contributed by atoms with Gasteiger partial charge in [-0.15, -0.1) is 0 Å². The van der Waals surface area contributed by atoms with Crippen molar-refractivity contribution in [2.75, 3.05) is 0 Å². The molecule has 4 nitrogen and oxygen atoms in total. The topological polar surface area (TPSA) is 68.9 Å². The number of pyridine rings is 2. The van der Waals surface area contributed by atoms with E-state index >= 15 is 0 Å². The summed E-state index contributed by atoms with van der Waals surface area (Å²) in [7, 11) is 0. The van der Waals surface area contributed by atoms with E-state index in [0.29, 0.717) is 11.1 Å². The van der Waals surface area contributed by atoms with Crippen LogP contribution in [0.25, 0.3) is 11.0 Å². The molecule has 0 fully saturated rings. The molecule has 0 aliphatic carbocycles. The second kappa shape index (κ2) is 2.82. The number of hydrogen-bond acceptors (Lipinski definition) is 3. The van der Waals surface area contributed by atoms with Gasteiger partial charge in [0.05, 0.1) is 16.6 Å². The Morgan fingerprint density at radius 1 is 1.31 bits per heavy atom. The summed E-state index contributed by atoms with van der Waals surface area (Å²) in [6.07, 6.45) is 3.10. The van der Waals surface area contributed by atoms with Crippen molar-refractivity contribution in [1.82, 2.24) is 9.97 Å². The Balaban J connectivity index is 2.69. The summed E-state index contributed by atoms with van der Waals surface area (Å²) >= 11 is 0. The van der Waals surface area contributed by atoms with E-state index in [1.54, 1.807) is 18.3 Å². The Hall–Kier alpha value is -1.97. The fraction of sp³-hybridized carbons (Fsp3) is 0. The maximum Gasteiger partial charge on any atom is 0.250 e. The molecule has 13 heavy (non-hydrogen) atoms. The van der Waals surface area contributed by atoms with Crippen LogP contribution in [-0.2, 0) is 0 Å². The molecule has 0 saturated heterocycles. The highest BCUT2D eigenvalue weighted by Gasteiger charge is 2.02. The highest BCUT2D eigenvalue weighted by atomic mass is 16.1. The number of nitrogens with zero attached hydrogens (tertiary/aromatic N) is 2. The number of amides is 1. The lowest BCUT2D eigenvalue weighted by Crippen LogP contribution is -2.11. The first-order chi connectivity index (χ1) is 6.27. The van der Waals surface area contributed by atoms with Gasteiger partial charge in [0.1, 0.15) is 0 Å². The monoisotopic (exact) mass is 173 g/mol. The lowest BCUT2D eigenvalue weighted by molar-refractivity contribution is 0.1000. The minimum Gasteiger partial charge on any atom is -0.366 e. The van der Waals surface area contributed by atoms with E-state index in [1.807, 2.05) is 6.07 Å². The van der Waals surface area contributed by atoms with Crippen molar-refractivity contribution in [3.05, 3.63) is 36.2 Å². The maximum absolute atomic E-state index is 10.8. The second-order valence-electron chi connectivity index (χ2n) is 2.63. The lowest BCUT2D eigenvalue weighted by Gasteiger charge is -1.97. The predicted molar refractivity (Wildman–Crippen MR) is 48.1 cm³/mol. The molecular formula is C9H7N3O. The third-order valence-electron chi connectivity index (χ3n) is 1.74. The zero-order valence-electron chi connectivity index (χ0n) is 6.77. The zero-order valence-corrected chi connectivity index (χ0v) is 6.77. The van der Waals surface area contributed by atoms with E-state index in [4.69, 9.17) is 5.73 Å². The average Bonchev–Trinajstić information content (AvgIpc) is 2.17. The molecule has 0 aliphatic rings. The first kappa shape index (κ1) is 7.67. The van der Waals surface area contributed by atoms with E-state index in [-0.39, 0.29) is 0 Å². The van der Waals surface area contributed by atoms with Crippen molar-refractivity contribution in [1.29, 1.82) is 0 Å². The van der Waals surface area contributed by atoms with E-state index in [2.05, 4.69) is 9.97 Å². The van der Waals surface area contributed by atoms with Crippen molar-refractivity contribution in [2.24, 2.45) is 5.73 Å². The highest BCUT2D eigenvalue weighted by Crippen LogP contribution is 2.08. The van der Waals surface area contributed by atoms with Gasteiger partial charge < -0.3 is 5.73 Å². The number of nitrogens with two attached hydrogens (primary N) is 1. The smallest absolute Gasteiger partial charge is 0.250 e. The van der Waals surface area contributed by atoms with Crippen LogP contribution < -0.4 is 5.73 Å². The van der Waals surface area contributed by atoms with Crippen LogP contribution in [0.2, 0.25) is 0 Å². The molecule has 4 heteroatoms. The summed E-state index contributed by atoms with van der Waals surface area (Å²) in [4.78, 5) is 18.9. The van der Waals surface area contributed by atoms with Gasteiger partial charge in [-0.05, 0) is 18.2 Å². The van der Waals surface area contributed by atoms with Gasteiger partial charge in [0, 0.05) is 12.4 Å². The molecule has 2 aromatic heterocycles. The van der Waals surface area contributed by atoms with E-state index < -0.39 is 5.91 Å². The Bertz CT molecular complexity index is 467. The molecular weight excluding hydrogens is 166 g/mol. The molecule has 64 valence electrons. The van der Waals surface area contributed by atoms with Crippen molar-refractivity contribution >= 4 is 16.9 Å². The standard InChI is InChI=1S/C9H7N3O/c10-9(13)6-4-8-7(12-5-6)2-1-3-11-8/h1-5H,(H2,10,13). The van der Waals surface area contributed by atoms with Gasteiger partial charge in [-0.1, -0.05) is 0 Å². The van der Waals surface area contributed by atoms with Crippen LogP contribution >= 0.6 is 0 Å². The molecule has 0 bridgehead atoms. The molecule has 2 heterocycles. The van der Waals surface area contributed by atoms with Crippen LogP contribution in [0.4, 0.5) is 0 Å². The van der Waals surface area contributed by atoms with Crippen molar-refractivity contribution in [2.45, 2.75) is 0 Å². The first-order valence-corrected chi connectivity index (χ1v) is 3.78. The van der Waals surface area contributed by atoms with Crippen LogP contribution in [0.5, 0.6) is 0 Å². The van der Waals surface area contributed by atoms with Gasteiger partial charge in [-0.3, -0.25) is 14.8 Å². The van der Waals surface area contributed by atoms with Gasteiger partial charge in [-0.25, -0.2) is 0 Å². The third-order valence-corrected chi connectivity index (χ3v) is 1.74. The molecule has 2 N–H and O–H groups in total. The van der Waals surface area contributed by atoms with Crippen LogP contribution in [0, 0.1) is 0 Å². The van der Waals surface area contributed by atoms with Crippen LogP contribution in [0.15, 0.2) is 30.6 Å². The average molecular weight is 173 g/mol. The summed E-state index contributed by atoms with van der Waals surface area (Å²) in [5.41, 5.74) is 6.92. The fourth-order valence-corrected chi connectivity index (χ4v) is 1.09. The quantitative estimate of drug-likeness (QED) is 0.691. The van der Waals surface area contributed by atoms with E-state index in [0.717, 1.165) is 5.52 Å². The molecule has 1 amide bonds. The summed E-state index contributed by atoms with van der Waals surface area (Å²) in [6.45, 7) is 0. The van der Waals surface area contributed by atoms with Crippen LogP contribution in [0.1, 0.15) is 10.4 Å². The number of hydrogen-bond donors (Lipinski definition) is 1. The Morgan fingerprint density at radius 2 is 2.15 bits per heavy atom. The third kappa shape index (κ3) is 1.33. The van der Waals surface area contributed by atoms with E-state index in [1.165, 1.54) is 6.20 Å². The summed E-state index contributed by atoms with van der Waals surface area (Å²) in [5, 5.41) is 0. The fourth-order valence-electron chi connectivity index (χ4n) is 1.09. The first-order valence-electron chi connectivity index (χ1n) is 3.78. The predicted octanol–water partition coefficient (Wildman–Crippen LogP) is 0.729. The summed E-state index contributed by atoms with van der Waals surface area (Å²) in [5.74, 6) is -0.486. The Kier molecular flexibility index (Phi) is 1.66. The normalized spacial score (nSPS) is 10.2. The largest absolute Gasteiger partial charge is 0.366 e. The number of carbonyl (C=O) groups excluding carboxylic acids is 1. The van der Waals surface area contributed by atoms with Crippen LogP contribution in [-0.4, -0.2) is 15.9 Å². The molecule has 0 radical (unpaired) electrons. The zero-order chi connectivity index (χ0) is 9.26. The second-order valence-corrected chi connectivity index (χ2v) is 2.63. The minimum atomic E-state index is -0.486. The molecule has 0 unspecified atom stereocenters. The SMILES string of the molecule is NC(=O)c1cnc2cccnc2c1. The minimum absolute atomic E-state index is 0.381. The van der Waals surface area contributed by atoms with Crippen molar-refractivity contribution in [3.8, 4) is 0 Å². The van der Waals surface area contributed by atoms with Gasteiger partial charge in [0.2, 0.25) is 5.91 Å². The lowest BCUT2D eigenvalue weighted by atomic mass is 10.2. The maximum atomic E-state index is 10.8. The van der Waals surface area contributed by atoms with Gasteiger partial charge >= 0.3 is 0 Å². The highest BCUT2D eigenvalue weighted by molar-refractivity contribution is 5.95. The van der Waals surface area contributed by atoms with E-state index in [9.17, 15) is 4.79 Å². The molecule has 0 saturated carbocycles. The Labute approximate surface area is 74.4 Å². The van der Waals surface area contributed by atoms with Gasteiger partial charge in [0.25, 0.3) is 0 Å². The van der Waals surface area contributed by atoms with Crippen LogP contribution in [0.3, 0.4) is 0 Å². The number of carbonyl (C=O) groups is 1. The summed E-state index contributed by atoms with van der Waals surface area (Å²) < 4.78 is 0. The number of aromatic nitrogens is 2. The van der Waals surface area contributed by atoms with Crippen molar-refractivity contribution < 1.29 is 4.79 Å². The Morgan fingerprint density at radius 3 is 2.92 bits per heavy atom. The van der Waals surface area contributed by atoms with Crippen molar-refractivity contribution in [3.63, 3.8) is 0 Å². The molecule has 0 aromatic carbocycles. The number of rotatable bonds is 1. The number of primary amides is 1. The molecule has 0 aliphatic heterocycles. The molecule has 2 rings (SSSR count). The molecule has 0 atom stereocenters. The van der Waals surface area contributed by atoms with Gasteiger partial charge in [-0.2, -0.15) is 0 Å². The molecule has 2 aromatic rings. The van der Waals surface area contributed by atoms with Gasteiger partial charge in [0.15, 0.2) is 0 Å². The summed E-state index contributed by atoms with van der Waals surface area (Å²) in [6, 6.07) is 5.25. The molecule has 0 spiro atoms.